The standard InChI is InChI=1S/4Cu.H2S/h;;;;1H2/q;;+1;+2;/p-1. The second-order valence-electron chi connectivity index (χ2n) is 0. The molecule has 0 spiro atoms. The van der Waals surface area contributed by atoms with Gasteiger partial charge in [-0.1, -0.05) is 0 Å². The normalized spacial score (nSPS) is 0. The van der Waals surface area contributed by atoms with Gasteiger partial charge in [-0.2, -0.15) is 0 Å². The average molecular weight is 287 g/mol. The number of hydrogen-bond donors (Lipinski definition) is 0. The minimum Gasteiger partial charge on any atom is -0.813 e. The van der Waals surface area contributed by atoms with Crippen LogP contribution in [-0.2, 0) is 81.8 Å². The minimum atomic E-state index is 0. The van der Waals surface area contributed by atoms with Crippen molar-refractivity contribution in [2.45, 2.75) is 0 Å². The smallest absolute Gasteiger partial charge is 0.813 e. The fourth-order valence-corrected chi connectivity index (χ4v) is 0. The third-order valence-electron chi connectivity index (χ3n) is 0. The molecule has 5 heavy (non-hydrogen) atoms. The Morgan fingerprint density at radius 3 is 0.800 bits per heavy atom. The van der Waals surface area contributed by atoms with Crippen molar-refractivity contribution in [2.75, 3.05) is 0 Å². The van der Waals surface area contributed by atoms with Gasteiger partial charge in [0.15, 0.2) is 0 Å². The summed E-state index contributed by atoms with van der Waals surface area (Å²) in [4.78, 5) is 0. The van der Waals surface area contributed by atoms with Gasteiger partial charge in [-0.05, 0) is 0 Å². The summed E-state index contributed by atoms with van der Waals surface area (Å²) in [6.07, 6.45) is 0. The van der Waals surface area contributed by atoms with Crippen molar-refractivity contribution < 1.29 is 68.3 Å². The van der Waals surface area contributed by atoms with Gasteiger partial charge in [0, 0.05) is 34.1 Å². The quantitative estimate of drug-likeness (QED) is 0.335. The zero-order valence-electron chi connectivity index (χ0n) is 1.65. The van der Waals surface area contributed by atoms with Gasteiger partial charge >= 0.3 is 34.1 Å². The van der Waals surface area contributed by atoms with Gasteiger partial charge in [-0.15, -0.1) is 0 Å². The Balaban J connectivity index is 0. The molecule has 0 aromatic rings. The van der Waals surface area contributed by atoms with E-state index in [1.165, 1.54) is 0 Å². The summed E-state index contributed by atoms with van der Waals surface area (Å²) in [5, 5.41) is 0. The van der Waals surface area contributed by atoms with E-state index < -0.39 is 0 Å². The molecule has 0 aliphatic heterocycles. The molecule has 0 aromatic carbocycles. The first-order valence-electron chi connectivity index (χ1n) is 0. The summed E-state index contributed by atoms with van der Waals surface area (Å²) < 4.78 is 0. The summed E-state index contributed by atoms with van der Waals surface area (Å²) in [7, 11) is 0. The maximum Gasteiger partial charge on any atom is 2.00 e. The molecule has 0 fully saturated rings. The summed E-state index contributed by atoms with van der Waals surface area (Å²) in [5.41, 5.74) is 0. The molecular formula is HCu4S+2. The fourth-order valence-electron chi connectivity index (χ4n) is 0. The zero-order valence-corrected chi connectivity index (χ0v) is 6.31. The van der Waals surface area contributed by atoms with Gasteiger partial charge in [-0.25, -0.2) is 0 Å². The first-order valence-corrected chi connectivity index (χ1v) is 0. The molecule has 0 saturated heterocycles. The van der Waals surface area contributed by atoms with Gasteiger partial charge in [0.1, 0.15) is 0 Å². The van der Waals surface area contributed by atoms with E-state index in [-0.39, 0.29) is 81.8 Å². The molecule has 0 aliphatic carbocycles. The minimum absolute atomic E-state index is 0. The topological polar surface area (TPSA) is 0 Å². The number of rotatable bonds is 0. The Bertz CT molecular complexity index is 3.61. The van der Waals surface area contributed by atoms with E-state index in [1.807, 2.05) is 0 Å². The van der Waals surface area contributed by atoms with Crippen LogP contribution in [-0.4, -0.2) is 0 Å². The van der Waals surface area contributed by atoms with E-state index in [2.05, 4.69) is 0 Å². The molecule has 0 unspecified atom stereocenters. The van der Waals surface area contributed by atoms with Crippen LogP contribution in [0.25, 0.3) is 0 Å². The van der Waals surface area contributed by atoms with Crippen LogP contribution in [0.1, 0.15) is 0 Å². The predicted octanol–water partition coefficient (Wildman–Crippen LogP) is -0.280. The van der Waals surface area contributed by atoms with Crippen molar-refractivity contribution in [3.8, 4) is 0 Å². The van der Waals surface area contributed by atoms with Crippen LogP contribution in [0.4, 0.5) is 0 Å². The average Bonchev–Trinajstić information content (AvgIpc) is 0. The van der Waals surface area contributed by atoms with Crippen LogP contribution < -0.4 is 0 Å². The monoisotopic (exact) mass is 285 g/mol. The van der Waals surface area contributed by atoms with Crippen LogP contribution in [0, 0.1) is 0 Å². The molecule has 0 saturated carbocycles. The van der Waals surface area contributed by atoms with E-state index in [1.54, 1.807) is 0 Å². The van der Waals surface area contributed by atoms with Gasteiger partial charge < -0.3 is 13.5 Å². The SMILES string of the molecule is [Cu+2].[Cu+].[Cu].[Cu].[SH-]. The largest absolute Gasteiger partial charge is 2.00 e. The molecule has 0 aliphatic rings. The van der Waals surface area contributed by atoms with Crippen LogP contribution >= 0.6 is 0 Å². The number of hydrogen-bond acceptors (Lipinski definition) is 1. The van der Waals surface area contributed by atoms with E-state index in [9.17, 15) is 0 Å². The Hall–Kier alpha value is 2.43. The number of thiol groups is 1. The van der Waals surface area contributed by atoms with Crippen LogP contribution in [0.15, 0.2) is 0 Å². The first-order chi connectivity index (χ1) is 0. The van der Waals surface area contributed by atoms with Crippen molar-refractivity contribution in [1.29, 1.82) is 0 Å². The molecule has 0 N–H and O–H groups in total. The molecule has 5 heteroatoms. The van der Waals surface area contributed by atoms with Crippen molar-refractivity contribution in [2.24, 2.45) is 0 Å². The molecule has 49 valence electrons. The molecule has 0 rings (SSSR count). The molecule has 0 atom stereocenters. The van der Waals surface area contributed by atoms with Crippen molar-refractivity contribution in [3.05, 3.63) is 0 Å². The third kappa shape index (κ3) is 21.4. The Morgan fingerprint density at radius 1 is 0.800 bits per heavy atom. The summed E-state index contributed by atoms with van der Waals surface area (Å²) in [6.45, 7) is 0. The first kappa shape index (κ1) is 52.1. The summed E-state index contributed by atoms with van der Waals surface area (Å²) >= 11 is 0. The molecule has 0 amide bonds. The molecule has 3 radical (unpaired) electrons. The Labute approximate surface area is 80.9 Å². The molecule has 0 heterocycles. The predicted molar refractivity (Wildman–Crippen MR) is 8.76 cm³/mol. The Kier molecular flexibility index (Phi) is 335. The maximum atomic E-state index is 0. The molecule has 0 nitrogen and oxygen atoms in total. The molecular weight excluding hydrogens is 286 g/mol. The van der Waals surface area contributed by atoms with Gasteiger partial charge in [0.05, 0.1) is 0 Å². The van der Waals surface area contributed by atoms with Crippen LogP contribution in [0.5, 0.6) is 0 Å². The second kappa shape index (κ2) is 32.1. The Morgan fingerprint density at radius 2 is 0.800 bits per heavy atom. The fraction of sp³-hybridized carbons (Fsp3) is 0. The van der Waals surface area contributed by atoms with Crippen molar-refractivity contribution >= 4 is 13.5 Å². The van der Waals surface area contributed by atoms with E-state index >= 15 is 0 Å². The zero-order chi connectivity index (χ0) is 0. The summed E-state index contributed by atoms with van der Waals surface area (Å²) in [6, 6.07) is 0. The van der Waals surface area contributed by atoms with E-state index in [0.717, 1.165) is 0 Å². The van der Waals surface area contributed by atoms with E-state index in [0.29, 0.717) is 0 Å². The van der Waals surface area contributed by atoms with Crippen LogP contribution in [0.3, 0.4) is 0 Å². The third-order valence-corrected chi connectivity index (χ3v) is 0. The van der Waals surface area contributed by atoms with Crippen molar-refractivity contribution in [3.63, 3.8) is 0 Å². The van der Waals surface area contributed by atoms with Gasteiger partial charge in [-0.3, -0.25) is 0 Å². The summed E-state index contributed by atoms with van der Waals surface area (Å²) in [5.74, 6) is 0. The van der Waals surface area contributed by atoms with E-state index in [4.69, 9.17) is 0 Å². The van der Waals surface area contributed by atoms with Gasteiger partial charge in [0.25, 0.3) is 0 Å². The van der Waals surface area contributed by atoms with Crippen molar-refractivity contribution in [1.82, 2.24) is 0 Å². The van der Waals surface area contributed by atoms with Gasteiger partial charge in [0.2, 0.25) is 0 Å². The second-order valence-corrected chi connectivity index (χ2v) is 0. The maximum absolute atomic E-state index is 0. The molecule has 0 bridgehead atoms. The molecule has 0 aromatic heterocycles. The van der Waals surface area contributed by atoms with Crippen LogP contribution in [0.2, 0.25) is 0 Å².